The molecule has 7 nitrogen and oxygen atoms in total. The van der Waals surface area contributed by atoms with Crippen LogP contribution in [0.2, 0.25) is 0 Å². The molecule has 2 fully saturated rings. The van der Waals surface area contributed by atoms with Crippen LogP contribution >= 0.6 is 7.81 Å². The molecule has 0 radical (unpaired) electrons. The van der Waals surface area contributed by atoms with Crippen molar-refractivity contribution in [2.24, 2.45) is 0 Å². The van der Waals surface area contributed by atoms with Crippen molar-refractivity contribution >= 4 is 25.0 Å². The van der Waals surface area contributed by atoms with Crippen molar-refractivity contribution < 1.29 is 34.6 Å². The molecule has 0 saturated carbocycles. The minimum absolute atomic E-state index is 0.611. The van der Waals surface area contributed by atoms with Gasteiger partial charge in [0, 0.05) is 6.20 Å². The van der Waals surface area contributed by atoms with Crippen LogP contribution in [0.3, 0.4) is 0 Å². The quantitative estimate of drug-likeness (QED) is 0.296. The van der Waals surface area contributed by atoms with E-state index in [2.05, 4.69) is 24.8 Å². The van der Waals surface area contributed by atoms with Crippen LogP contribution in [0.25, 0.3) is 11.2 Å². The van der Waals surface area contributed by atoms with Gasteiger partial charge in [-0.05, 0) is 43.0 Å². The average molecular weight is 432 g/mol. The Morgan fingerprint density at radius 3 is 2.21 bits per heavy atom. The van der Waals surface area contributed by atoms with E-state index in [-0.39, 0.29) is 0 Å². The molecule has 14 heteroatoms. The average Bonchev–Trinajstić information content (AvgIpc) is 3.31. The zero-order valence-electron chi connectivity index (χ0n) is 14.7. The van der Waals surface area contributed by atoms with E-state index in [0.29, 0.717) is 5.65 Å². The number of pyridine rings is 1. The van der Waals surface area contributed by atoms with Crippen molar-refractivity contribution in [3.8, 4) is 0 Å². The summed E-state index contributed by atoms with van der Waals surface area (Å²) >= 11 is 0. The monoisotopic (exact) mass is 432 g/mol. The summed E-state index contributed by atoms with van der Waals surface area (Å²) in [6.07, 6.45) is 6.61. The van der Waals surface area contributed by atoms with E-state index in [1.54, 1.807) is 6.20 Å². The van der Waals surface area contributed by atoms with E-state index in [9.17, 15) is 25.2 Å². The normalized spacial score (nSPS) is 19.8. The summed E-state index contributed by atoms with van der Waals surface area (Å²) in [6, 6.07) is 4.71. The molecule has 0 atom stereocenters. The molecule has 2 saturated heterocycles. The molecule has 4 rings (SSSR count). The van der Waals surface area contributed by atoms with Crippen LogP contribution in [0.4, 0.5) is 25.2 Å². The van der Waals surface area contributed by atoms with Gasteiger partial charge in [-0.15, -0.1) is 5.10 Å². The maximum Gasteiger partial charge on any atom is 0.472 e. The van der Waals surface area contributed by atoms with Crippen molar-refractivity contribution in [1.29, 1.82) is 0 Å². The molecule has 2 aliphatic rings. The van der Waals surface area contributed by atoms with Crippen LogP contribution in [0.1, 0.15) is 25.7 Å². The topological polar surface area (TPSA) is 59.1 Å². The molecule has 2 aliphatic heterocycles. The van der Waals surface area contributed by atoms with Crippen LogP contribution in [-0.2, 0) is 0 Å². The Balaban J connectivity index is 0.000000279. The predicted molar refractivity (Wildman–Crippen MR) is 90.5 cm³/mol. The Labute approximate surface area is 155 Å². The molecule has 0 unspecified atom stereocenters. The maximum atomic E-state index is 9.87. The summed E-state index contributed by atoms with van der Waals surface area (Å²) in [4.78, 5) is 14.1. The number of nitrogens with zero attached hydrogens (tertiary/aromatic N) is 6. The zero-order valence-corrected chi connectivity index (χ0v) is 15.6. The number of likely N-dealkylation sites (tertiary alicyclic amines) is 1. The van der Waals surface area contributed by atoms with Crippen LogP contribution in [0.5, 0.6) is 0 Å². The summed E-state index contributed by atoms with van der Waals surface area (Å²) in [6.45, 7) is 4.21. The fourth-order valence-corrected chi connectivity index (χ4v) is 3.02. The Kier molecular flexibility index (Phi) is 4.93. The number of hydrogen-bond donors (Lipinski definition) is 0. The van der Waals surface area contributed by atoms with E-state index < -0.39 is 7.81 Å². The second-order valence-electron chi connectivity index (χ2n) is 6.53. The molecule has 2 aromatic rings. The van der Waals surface area contributed by atoms with Gasteiger partial charge in [0.1, 0.15) is 0 Å². The summed E-state index contributed by atoms with van der Waals surface area (Å²) in [7, 11) is -10.7. The number of amidine groups is 1. The van der Waals surface area contributed by atoms with Crippen molar-refractivity contribution in [2.45, 2.75) is 25.7 Å². The molecule has 4 heterocycles. The summed E-state index contributed by atoms with van der Waals surface area (Å²) in [5.74, 6) is 0. The summed E-state index contributed by atoms with van der Waals surface area (Å²) < 4.78 is 61.5. The molecule has 2 aromatic heterocycles. The van der Waals surface area contributed by atoms with Gasteiger partial charge in [0.25, 0.3) is 0 Å². The largest absolute Gasteiger partial charge is 0.472 e. The number of aromatic nitrogens is 4. The van der Waals surface area contributed by atoms with Gasteiger partial charge in [-0.2, -0.15) is 0 Å². The van der Waals surface area contributed by atoms with E-state index >= 15 is 0 Å². The second-order valence-corrected chi connectivity index (χ2v) is 8.45. The van der Waals surface area contributed by atoms with Gasteiger partial charge in [0.15, 0.2) is 5.52 Å². The fraction of sp³-hybridized carbons (Fsp3) is 0.571. The molecule has 0 spiro atoms. The van der Waals surface area contributed by atoms with Crippen LogP contribution < -0.4 is 4.84 Å². The number of hydrogen-bond acceptors (Lipinski definition) is 4. The van der Waals surface area contributed by atoms with E-state index in [0.717, 1.165) is 37.7 Å². The maximum absolute atomic E-state index is 10.7. The van der Waals surface area contributed by atoms with Gasteiger partial charge in [-0.25, -0.2) is 14.5 Å². The minimum Gasteiger partial charge on any atom is -0.278 e. The first-order valence-corrected chi connectivity index (χ1v) is 10.7. The molecule has 0 aromatic carbocycles. The molecule has 0 bridgehead atoms. The first-order valence-electron chi connectivity index (χ1n) is 8.65. The number of fused-ring (bicyclic) bond motifs is 1. The van der Waals surface area contributed by atoms with Crippen molar-refractivity contribution in [2.75, 3.05) is 26.2 Å². The predicted octanol–water partition coefficient (Wildman–Crippen LogP) is 3.90. The first-order chi connectivity index (χ1) is 12.9. The van der Waals surface area contributed by atoms with Crippen molar-refractivity contribution in [1.82, 2.24) is 25.0 Å². The summed E-state index contributed by atoms with van der Waals surface area (Å²) in [5.41, 5.74) is 1.41. The van der Waals surface area contributed by atoms with Crippen LogP contribution in [-0.4, -0.2) is 61.8 Å². The van der Waals surface area contributed by atoms with Crippen molar-refractivity contribution in [3.63, 3.8) is 0 Å². The summed E-state index contributed by atoms with van der Waals surface area (Å²) in [5, 5.41) is 8.14. The second kappa shape index (κ2) is 6.71. The molecule has 158 valence electrons. The van der Waals surface area contributed by atoms with Gasteiger partial charge < -0.3 is 0 Å². The van der Waals surface area contributed by atoms with E-state index in [1.807, 2.05) is 12.1 Å². The Bertz CT molecular complexity index is 858. The molecule has 0 aliphatic carbocycles. The first kappa shape index (κ1) is 20.6. The zero-order chi connectivity index (χ0) is 20.5. The smallest absolute Gasteiger partial charge is 0.278 e. The third kappa shape index (κ3) is 6.47. The van der Waals surface area contributed by atoms with Gasteiger partial charge in [-0.1, -0.05) is 4.85 Å². The van der Waals surface area contributed by atoms with E-state index in [1.165, 1.54) is 30.5 Å². The van der Waals surface area contributed by atoms with Gasteiger partial charge in [0.05, 0.1) is 26.2 Å². The van der Waals surface area contributed by atoms with Crippen LogP contribution in [0, 0.1) is 0 Å². The fourth-order valence-electron chi connectivity index (χ4n) is 3.02. The van der Waals surface area contributed by atoms with E-state index in [4.69, 9.17) is 4.84 Å². The number of halogens is 6. The standard InChI is InChI=1S/C14H19N6O.F6P/c1-2-9-18(8-1)14(19-10-3-4-11-19)21-20-12-6-5-7-15-13(12)16-17-20;1-7(2,3,4,5)6/h5-7H,1-4,8-11H2;/q+1;-1. The Hall–Kier alpha value is -2.17. The Morgan fingerprint density at radius 2 is 1.61 bits per heavy atom. The molecule has 0 amide bonds. The van der Waals surface area contributed by atoms with Gasteiger partial charge in [-0.3, -0.25) is 4.84 Å². The van der Waals surface area contributed by atoms with Crippen LogP contribution in [0.15, 0.2) is 18.3 Å². The number of rotatable bonds is 1. The minimum atomic E-state index is -10.7. The molecular formula is C14H19F6N6OP. The molecule has 28 heavy (non-hydrogen) atoms. The Morgan fingerprint density at radius 1 is 1.00 bits per heavy atom. The van der Waals surface area contributed by atoms with Gasteiger partial charge >= 0.3 is 39.0 Å². The van der Waals surface area contributed by atoms with Crippen molar-refractivity contribution in [3.05, 3.63) is 18.3 Å². The molecular weight excluding hydrogens is 413 g/mol. The third-order valence-electron chi connectivity index (χ3n) is 4.11. The third-order valence-corrected chi connectivity index (χ3v) is 4.11. The SMILES string of the molecule is F[P-](F)(F)(F)(F)F.c1cnc2nnn(OC(N3CCCC3)=[N+]3CCCC3)c2c1. The van der Waals surface area contributed by atoms with Gasteiger partial charge in [0.2, 0.25) is 5.65 Å². The molecule has 0 N–H and O–H groups in total.